The van der Waals surface area contributed by atoms with Gasteiger partial charge in [0.05, 0.1) is 18.0 Å². The van der Waals surface area contributed by atoms with E-state index in [-0.39, 0.29) is 24.6 Å². The molecule has 0 bridgehead atoms. The molecule has 1 aromatic carbocycles. The van der Waals surface area contributed by atoms with Crippen LogP contribution < -0.4 is 5.73 Å². The van der Waals surface area contributed by atoms with Crippen molar-refractivity contribution in [1.29, 1.82) is 0 Å². The van der Waals surface area contributed by atoms with E-state index in [0.29, 0.717) is 11.1 Å². The molecule has 0 atom stereocenters. The third-order valence-corrected chi connectivity index (χ3v) is 4.62. The molecule has 0 amide bonds. The normalized spacial score (nSPS) is 11.2. The van der Waals surface area contributed by atoms with E-state index in [1.807, 2.05) is 0 Å². The monoisotopic (exact) mass is 282 g/mol. The van der Waals surface area contributed by atoms with Gasteiger partial charge in [0.15, 0.2) is 0 Å². The molecule has 0 spiro atoms. The van der Waals surface area contributed by atoms with Crippen molar-refractivity contribution < 1.29 is 13.5 Å². The number of aliphatic hydroxyl groups is 1. The molecular weight excluding hydrogens is 264 g/mol. The standard InChI is InChI=1S/C13H18N2O3S/c1-11-5-6-12(4-3-7-14)10-13(11)19(17,18)15(2)8-9-16/h5-6,10,16H,7-9,14H2,1-2H3. The van der Waals surface area contributed by atoms with Crippen LogP contribution in [0, 0.1) is 18.8 Å². The van der Waals surface area contributed by atoms with Gasteiger partial charge in [-0.3, -0.25) is 0 Å². The lowest BCUT2D eigenvalue weighted by atomic mass is 10.1. The second kappa shape index (κ2) is 6.68. The van der Waals surface area contributed by atoms with Crippen LogP contribution in [0.5, 0.6) is 0 Å². The number of benzene rings is 1. The molecule has 0 saturated heterocycles. The number of aryl methyl sites for hydroxylation is 1. The smallest absolute Gasteiger partial charge is 0.243 e. The molecule has 0 aromatic heterocycles. The van der Waals surface area contributed by atoms with Crippen molar-refractivity contribution in [3.05, 3.63) is 29.3 Å². The van der Waals surface area contributed by atoms with Crippen LogP contribution in [0.25, 0.3) is 0 Å². The Hall–Kier alpha value is -1.39. The van der Waals surface area contributed by atoms with Crippen LogP contribution >= 0.6 is 0 Å². The predicted octanol–water partition coefficient (Wildman–Crippen LogP) is -0.0820. The zero-order valence-corrected chi connectivity index (χ0v) is 11.9. The van der Waals surface area contributed by atoms with E-state index < -0.39 is 10.0 Å². The van der Waals surface area contributed by atoms with E-state index in [1.165, 1.54) is 13.1 Å². The maximum absolute atomic E-state index is 12.3. The van der Waals surface area contributed by atoms with Gasteiger partial charge >= 0.3 is 0 Å². The summed E-state index contributed by atoms with van der Waals surface area (Å²) < 4.78 is 25.7. The van der Waals surface area contributed by atoms with E-state index in [2.05, 4.69) is 11.8 Å². The summed E-state index contributed by atoms with van der Waals surface area (Å²) in [5.41, 5.74) is 6.54. The van der Waals surface area contributed by atoms with E-state index in [0.717, 1.165) is 4.31 Å². The second-order valence-corrected chi connectivity index (χ2v) is 6.05. The molecule has 19 heavy (non-hydrogen) atoms. The number of nitrogens with zero attached hydrogens (tertiary/aromatic N) is 1. The van der Waals surface area contributed by atoms with Crippen LogP contribution in [0.4, 0.5) is 0 Å². The van der Waals surface area contributed by atoms with Crippen molar-refractivity contribution >= 4 is 10.0 Å². The first kappa shape index (κ1) is 15.7. The largest absolute Gasteiger partial charge is 0.395 e. The molecule has 0 aliphatic carbocycles. The van der Waals surface area contributed by atoms with Gasteiger partial charge in [-0.05, 0) is 24.6 Å². The number of sulfonamides is 1. The van der Waals surface area contributed by atoms with Gasteiger partial charge in [0, 0.05) is 19.2 Å². The fourth-order valence-electron chi connectivity index (χ4n) is 1.54. The van der Waals surface area contributed by atoms with Crippen LogP contribution in [0.3, 0.4) is 0 Å². The van der Waals surface area contributed by atoms with Crippen LogP contribution in [-0.4, -0.2) is 44.6 Å². The molecule has 104 valence electrons. The Morgan fingerprint density at radius 3 is 2.68 bits per heavy atom. The topological polar surface area (TPSA) is 83.6 Å². The average Bonchev–Trinajstić information content (AvgIpc) is 2.37. The molecule has 0 aliphatic heterocycles. The fraction of sp³-hybridized carbons (Fsp3) is 0.385. The zero-order valence-electron chi connectivity index (χ0n) is 11.0. The molecule has 0 aliphatic rings. The minimum atomic E-state index is -3.61. The molecule has 0 unspecified atom stereocenters. The lowest BCUT2D eigenvalue weighted by Gasteiger charge is -2.17. The molecule has 5 nitrogen and oxygen atoms in total. The van der Waals surface area contributed by atoms with E-state index in [1.54, 1.807) is 19.1 Å². The molecule has 0 heterocycles. The van der Waals surface area contributed by atoms with Gasteiger partial charge in [-0.15, -0.1) is 0 Å². The minimum absolute atomic E-state index is 0.0560. The highest BCUT2D eigenvalue weighted by Gasteiger charge is 2.22. The summed E-state index contributed by atoms with van der Waals surface area (Å²) in [6.45, 7) is 1.78. The van der Waals surface area contributed by atoms with Gasteiger partial charge in [0.1, 0.15) is 0 Å². The van der Waals surface area contributed by atoms with Crippen molar-refractivity contribution in [2.75, 3.05) is 26.7 Å². The Labute approximate surface area is 114 Å². The third-order valence-electron chi connectivity index (χ3n) is 2.63. The summed E-state index contributed by atoms with van der Waals surface area (Å²) >= 11 is 0. The Morgan fingerprint density at radius 1 is 1.42 bits per heavy atom. The molecule has 0 fully saturated rings. The van der Waals surface area contributed by atoms with Gasteiger partial charge in [0.25, 0.3) is 0 Å². The number of hydrogen-bond donors (Lipinski definition) is 2. The maximum atomic E-state index is 12.3. The average molecular weight is 282 g/mol. The Kier molecular flexibility index (Phi) is 5.51. The van der Waals surface area contributed by atoms with Crippen LogP contribution in [0.15, 0.2) is 23.1 Å². The fourth-order valence-corrected chi connectivity index (χ4v) is 2.95. The number of likely N-dealkylation sites (N-methyl/N-ethyl adjacent to an activating group) is 1. The highest BCUT2D eigenvalue weighted by Crippen LogP contribution is 2.20. The predicted molar refractivity (Wildman–Crippen MR) is 74.0 cm³/mol. The SMILES string of the molecule is Cc1ccc(C#CCN)cc1S(=O)(=O)N(C)CCO. The quantitative estimate of drug-likeness (QED) is 0.757. The Bertz CT molecular complexity index is 600. The van der Waals surface area contributed by atoms with E-state index in [4.69, 9.17) is 10.8 Å². The first-order valence-electron chi connectivity index (χ1n) is 5.80. The zero-order chi connectivity index (χ0) is 14.5. The molecule has 0 saturated carbocycles. The molecule has 6 heteroatoms. The first-order valence-corrected chi connectivity index (χ1v) is 7.24. The van der Waals surface area contributed by atoms with Crippen molar-refractivity contribution in [2.45, 2.75) is 11.8 Å². The summed E-state index contributed by atoms with van der Waals surface area (Å²) in [4.78, 5) is 0.201. The summed E-state index contributed by atoms with van der Waals surface area (Å²) in [7, 11) is -2.17. The molecule has 1 aromatic rings. The molecular formula is C13H18N2O3S. The van der Waals surface area contributed by atoms with Gasteiger partial charge in [-0.2, -0.15) is 4.31 Å². The molecule has 3 N–H and O–H groups in total. The van der Waals surface area contributed by atoms with Crippen molar-refractivity contribution in [1.82, 2.24) is 4.31 Å². The maximum Gasteiger partial charge on any atom is 0.243 e. The number of aliphatic hydroxyl groups excluding tert-OH is 1. The summed E-state index contributed by atoms with van der Waals surface area (Å²) in [5.74, 6) is 5.49. The van der Waals surface area contributed by atoms with Crippen molar-refractivity contribution in [2.24, 2.45) is 5.73 Å². The van der Waals surface area contributed by atoms with Gasteiger partial charge in [-0.1, -0.05) is 17.9 Å². The molecule has 0 radical (unpaired) electrons. The van der Waals surface area contributed by atoms with E-state index in [9.17, 15) is 8.42 Å². The summed E-state index contributed by atoms with van der Waals surface area (Å²) in [6, 6.07) is 4.99. The number of nitrogens with two attached hydrogens (primary N) is 1. The Morgan fingerprint density at radius 2 is 2.11 bits per heavy atom. The number of rotatable bonds is 4. The summed E-state index contributed by atoms with van der Waals surface area (Å²) in [6.07, 6.45) is 0. The van der Waals surface area contributed by atoms with Crippen LogP contribution in [-0.2, 0) is 10.0 Å². The lowest BCUT2D eigenvalue weighted by molar-refractivity contribution is 0.266. The third kappa shape index (κ3) is 3.78. The van der Waals surface area contributed by atoms with Gasteiger partial charge in [0.2, 0.25) is 10.0 Å². The highest BCUT2D eigenvalue weighted by molar-refractivity contribution is 7.89. The van der Waals surface area contributed by atoms with Crippen molar-refractivity contribution in [3.8, 4) is 11.8 Å². The van der Waals surface area contributed by atoms with Crippen molar-refractivity contribution in [3.63, 3.8) is 0 Å². The van der Waals surface area contributed by atoms with Gasteiger partial charge < -0.3 is 10.8 Å². The molecule has 1 rings (SSSR count). The minimum Gasteiger partial charge on any atom is -0.395 e. The first-order chi connectivity index (χ1) is 8.93. The second-order valence-electron chi connectivity index (χ2n) is 4.04. The van der Waals surface area contributed by atoms with Crippen LogP contribution in [0.1, 0.15) is 11.1 Å². The van der Waals surface area contributed by atoms with E-state index >= 15 is 0 Å². The Balaban J connectivity index is 3.25. The lowest BCUT2D eigenvalue weighted by Crippen LogP contribution is -2.30. The van der Waals surface area contributed by atoms with Gasteiger partial charge in [-0.25, -0.2) is 8.42 Å². The number of hydrogen-bond acceptors (Lipinski definition) is 4. The van der Waals surface area contributed by atoms with Crippen LogP contribution in [0.2, 0.25) is 0 Å². The summed E-state index contributed by atoms with van der Waals surface area (Å²) in [5, 5.41) is 8.84. The highest BCUT2D eigenvalue weighted by atomic mass is 32.2.